The van der Waals surface area contributed by atoms with Crippen LogP contribution < -0.4 is 5.32 Å². The number of hydrogen-bond acceptors (Lipinski definition) is 2. The Balaban J connectivity index is 1.95. The first kappa shape index (κ1) is 13.3. The molecule has 0 unspecified atom stereocenters. The predicted octanol–water partition coefficient (Wildman–Crippen LogP) is 2.85. The maximum Gasteiger partial charge on any atom is 0.230 e. The Labute approximate surface area is 113 Å². The van der Waals surface area contributed by atoms with Crippen molar-refractivity contribution in [3.63, 3.8) is 0 Å². The number of aromatic amines is 1. The van der Waals surface area contributed by atoms with Gasteiger partial charge in [-0.15, -0.1) is 0 Å². The molecule has 4 heteroatoms. The average Bonchev–Trinajstić information content (AvgIpc) is 2.80. The third-order valence-corrected chi connectivity index (χ3v) is 3.03. The molecule has 1 amide bonds. The second-order valence-corrected chi connectivity index (χ2v) is 4.68. The monoisotopic (exact) mass is 257 g/mol. The lowest BCUT2D eigenvalue weighted by Gasteiger charge is -2.04. The largest absolute Gasteiger partial charge is 0.309 e. The van der Waals surface area contributed by atoms with Crippen LogP contribution in [0.4, 0.5) is 5.82 Å². The average molecular weight is 257 g/mol. The summed E-state index contributed by atoms with van der Waals surface area (Å²) >= 11 is 0. The number of aromatic nitrogens is 2. The van der Waals surface area contributed by atoms with Gasteiger partial charge in [-0.3, -0.25) is 9.89 Å². The number of carbonyl (C=O) groups excluding carboxylic acids is 1. The van der Waals surface area contributed by atoms with Crippen molar-refractivity contribution in [1.29, 1.82) is 0 Å². The molecule has 0 spiro atoms. The number of aryl methyl sites for hydroxylation is 2. The molecule has 100 valence electrons. The first-order valence-electron chi connectivity index (χ1n) is 6.57. The van der Waals surface area contributed by atoms with E-state index in [9.17, 15) is 4.79 Å². The van der Waals surface area contributed by atoms with E-state index in [1.54, 1.807) is 0 Å². The lowest BCUT2D eigenvalue weighted by molar-refractivity contribution is -0.115. The van der Waals surface area contributed by atoms with Crippen molar-refractivity contribution in [2.75, 3.05) is 5.32 Å². The Kier molecular flexibility index (Phi) is 4.34. The molecule has 0 atom stereocenters. The molecule has 1 aromatic heterocycles. The molecule has 0 aliphatic carbocycles. The lowest BCUT2D eigenvalue weighted by Crippen LogP contribution is -2.15. The summed E-state index contributed by atoms with van der Waals surface area (Å²) in [5, 5.41) is 9.82. The van der Waals surface area contributed by atoms with Crippen LogP contribution in [-0.2, 0) is 17.6 Å². The molecule has 2 aromatic rings. The van der Waals surface area contributed by atoms with E-state index < -0.39 is 0 Å². The Morgan fingerprint density at radius 1 is 1.37 bits per heavy atom. The van der Waals surface area contributed by atoms with Gasteiger partial charge >= 0.3 is 0 Å². The van der Waals surface area contributed by atoms with E-state index in [2.05, 4.69) is 22.4 Å². The van der Waals surface area contributed by atoms with E-state index in [0.717, 1.165) is 29.7 Å². The van der Waals surface area contributed by atoms with E-state index >= 15 is 0 Å². The maximum absolute atomic E-state index is 11.9. The first-order chi connectivity index (χ1) is 9.19. The summed E-state index contributed by atoms with van der Waals surface area (Å²) < 4.78 is 0. The summed E-state index contributed by atoms with van der Waals surface area (Å²) in [5.74, 6) is 0.561. The fourth-order valence-corrected chi connectivity index (χ4v) is 1.99. The van der Waals surface area contributed by atoms with Crippen molar-refractivity contribution >= 4 is 11.7 Å². The van der Waals surface area contributed by atoms with Gasteiger partial charge in [0, 0.05) is 11.8 Å². The zero-order valence-corrected chi connectivity index (χ0v) is 11.4. The quantitative estimate of drug-likeness (QED) is 0.865. The lowest BCUT2D eigenvalue weighted by atomic mass is 10.1. The Hall–Kier alpha value is -2.10. The first-order valence-corrected chi connectivity index (χ1v) is 6.57. The number of carbonyl (C=O) groups is 1. The van der Waals surface area contributed by atoms with Gasteiger partial charge in [-0.25, -0.2) is 0 Å². The van der Waals surface area contributed by atoms with Crippen molar-refractivity contribution in [3.8, 4) is 0 Å². The molecular formula is C15H19N3O. The molecule has 0 radical (unpaired) electrons. The van der Waals surface area contributed by atoms with Crippen LogP contribution in [0.2, 0.25) is 0 Å². The zero-order chi connectivity index (χ0) is 13.7. The number of H-pyrrole nitrogens is 1. The third kappa shape index (κ3) is 3.68. The summed E-state index contributed by atoms with van der Waals surface area (Å²) in [6.07, 6.45) is 2.38. The van der Waals surface area contributed by atoms with Crippen molar-refractivity contribution < 1.29 is 4.79 Å². The van der Waals surface area contributed by atoms with Gasteiger partial charge in [-0.05, 0) is 24.5 Å². The fraction of sp³-hybridized carbons (Fsp3) is 0.333. The minimum absolute atomic E-state index is 0.0381. The molecule has 4 nitrogen and oxygen atoms in total. The molecule has 0 aliphatic rings. The summed E-state index contributed by atoms with van der Waals surface area (Å²) in [6.45, 7) is 4.12. The highest BCUT2D eigenvalue weighted by Crippen LogP contribution is 2.11. The predicted molar refractivity (Wildman–Crippen MR) is 76.1 cm³/mol. The van der Waals surface area contributed by atoms with Crippen LogP contribution in [0.25, 0.3) is 0 Å². The van der Waals surface area contributed by atoms with Crippen LogP contribution in [0, 0.1) is 6.92 Å². The molecule has 0 aliphatic heterocycles. The highest BCUT2D eigenvalue weighted by molar-refractivity contribution is 5.91. The summed E-state index contributed by atoms with van der Waals surface area (Å²) in [7, 11) is 0. The maximum atomic E-state index is 11.9. The number of nitrogens with one attached hydrogen (secondary N) is 2. The highest BCUT2D eigenvalue weighted by Gasteiger charge is 2.08. The van der Waals surface area contributed by atoms with Gasteiger partial charge in [0.1, 0.15) is 0 Å². The summed E-state index contributed by atoms with van der Waals surface area (Å²) in [5.41, 5.74) is 3.23. The van der Waals surface area contributed by atoms with Crippen molar-refractivity contribution in [2.24, 2.45) is 0 Å². The van der Waals surface area contributed by atoms with E-state index in [1.807, 2.05) is 37.3 Å². The molecule has 0 bridgehead atoms. The molecule has 1 heterocycles. The van der Waals surface area contributed by atoms with Gasteiger partial charge in [0.25, 0.3) is 0 Å². The Bertz CT molecular complexity index is 560. The zero-order valence-electron chi connectivity index (χ0n) is 11.4. The number of hydrogen-bond donors (Lipinski definition) is 2. The van der Waals surface area contributed by atoms with Gasteiger partial charge in [0.2, 0.25) is 5.91 Å². The van der Waals surface area contributed by atoms with Gasteiger partial charge in [-0.1, -0.05) is 37.6 Å². The molecule has 2 N–H and O–H groups in total. The van der Waals surface area contributed by atoms with E-state index in [0.29, 0.717) is 12.2 Å². The molecule has 19 heavy (non-hydrogen) atoms. The number of rotatable bonds is 5. The SMILES string of the molecule is CCCc1cc(NC(=O)Cc2ccccc2C)n[nH]1. The van der Waals surface area contributed by atoms with Crippen LogP contribution in [-0.4, -0.2) is 16.1 Å². The van der Waals surface area contributed by atoms with Crippen molar-refractivity contribution in [1.82, 2.24) is 10.2 Å². The van der Waals surface area contributed by atoms with Crippen LogP contribution in [0.15, 0.2) is 30.3 Å². The summed E-state index contributed by atoms with van der Waals surface area (Å²) in [6, 6.07) is 9.79. The Morgan fingerprint density at radius 3 is 2.89 bits per heavy atom. The standard InChI is InChI=1S/C15H19N3O/c1-3-6-13-10-14(18-17-13)16-15(19)9-12-8-5-4-7-11(12)2/h4-5,7-8,10H,3,6,9H2,1-2H3,(H2,16,17,18,19). The Morgan fingerprint density at radius 2 is 2.16 bits per heavy atom. The smallest absolute Gasteiger partial charge is 0.230 e. The van der Waals surface area contributed by atoms with Gasteiger partial charge in [0.05, 0.1) is 6.42 Å². The van der Waals surface area contributed by atoms with Crippen LogP contribution in [0.5, 0.6) is 0 Å². The molecule has 0 fully saturated rings. The van der Waals surface area contributed by atoms with E-state index in [-0.39, 0.29) is 5.91 Å². The molecule has 0 saturated heterocycles. The minimum Gasteiger partial charge on any atom is -0.309 e. The van der Waals surface area contributed by atoms with Gasteiger partial charge in [-0.2, -0.15) is 5.10 Å². The van der Waals surface area contributed by atoms with Crippen LogP contribution >= 0.6 is 0 Å². The van der Waals surface area contributed by atoms with Gasteiger partial charge in [0.15, 0.2) is 5.82 Å². The second-order valence-electron chi connectivity index (χ2n) is 4.68. The topological polar surface area (TPSA) is 57.8 Å². The highest BCUT2D eigenvalue weighted by atomic mass is 16.1. The normalized spacial score (nSPS) is 10.4. The van der Waals surface area contributed by atoms with E-state index in [4.69, 9.17) is 0 Å². The fourth-order valence-electron chi connectivity index (χ4n) is 1.99. The van der Waals surface area contributed by atoms with E-state index in [1.165, 1.54) is 0 Å². The van der Waals surface area contributed by atoms with Gasteiger partial charge < -0.3 is 5.32 Å². The molecule has 0 saturated carbocycles. The number of anilines is 1. The number of benzene rings is 1. The van der Waals surface area contributed by atoms with Crippen molar-refractivity contribution in [2.45, 2.75) is 33.1 Å². The minimum atomic E-state index is -0.0381. The number of nitrogens with zero attached hydrogens (tertiary/aromatic N) is 1. The number of amides is 1. The third-order valence-electron chi connectivity index (χ3n) is 3.03. The van der Waals surface area contributed by atoms with Crippen molar-refractivity contribution in [3.05, 3.63) is 47.2 Å². The second kappa shape index (κ2) is 6.18. The van der Waals surface area contributed by atoms with Crippen LogP contribution in [0.1, 0.15) is 30.2 Å². The summed E-state index contributed by atoms with van der Waals surface area (Å²) in [4.78, 5) is 11.9. The molecule has 1 aromatic carbocycles. The van der Waals surface area contributed by atoms with Crippen LogP contribution in [0.3, 0.4) is 0 Å². The molecule has 2 rings (SSSR count). The molecular weight excluding hydrogens is 238 g/mol.